The number of hydrogen-bond acceptors (Lipinski definition) is 5. The number of aryl methyl sites for hydroxylation is 3. The highest BCUT2D eigenvalue weighted by Crippen LogP contribution is 2.23. The van der Waals surface area contributed by atoms with Crippen LogP contribution >= 0.6 is 23.4 Å². The molecule has 1 heterocycles. The summed E-state index contributed by atoms with van der Waals surface area (Å²) < 4.78 is 7.75. The average Bonchev–Trinajstić information content (AvgIpc) is 3.03. The number of nitrogens with one attached hydrogen (secondary N) is 1. The number of carbonyl (C=O) groups excluding carboxylic acids is 1. The molecule has 0 saturated heterocycles. The summed E-state index contributed by atoms with van der Waals surface area (Å²) in [5.74, 6) is 1.64. The second-order valence-electron chi connectivity index (χ2n) is 6.81. The second kappa shape index (κ2) is 9.33. The molecule has 3 aromatic rings. The molecule has 0 bridgehead atoms. The Bertz CT molecular complexity index is 1040. The number of anilines is 1. The van der Waals surface area contributed by atoms with Gasteiger partial charge in [-0.1, -0.05) is 35.5 Å². The number of nitrogens with zero attached hydrogens (tertiary/aromatic N) is 3. The third kappa shape index (κ3) is 5.52. The maximum atomic E-state index is 12.3. The van der Waals surface area contributed by atoms with Crippen LogP contribution in [-0.4, -0.2) is 26.4 Å². The van der Waals surface area contributed by atoms with Gasteiger partial charge in [-0.2, -0.15) is 0 Å². The molecule has 0 atom stereocenters. The van der Waals surface area contributed by atoms with Crippen molar-refractivity contribution in [2.45, 2.75) is 32.5 Å². The van der Waals surface area contributed by atoms with E-state index in [1.165, 1.54) is 11.8 Å². The van der Waals surface area contributed by atoms with Gasteiger partial charge in [-0.25, -0.2) is 0 Å². The van der Waals surface area contributed by atoms with Crippen LogP contribution in [0.4, 0.5) is 5.69 Å². The Labute approximate surface area is 179 Å². The molecule has 0 saturated carbocycles. The first-order valence-corrected chi connectivity index (χ1v) is 10.5. The Morgan fingerprint density at radius 1 is 1.14 bits per heavy atom. The van der Waals surface area contributed by atoms with E-state index in [-0.39, 0.29) is 11.7 Å². The second-order valence-corrected chi connectivity index (χ2v) is 8.19. The number of thioether (sulfide) groups is 1. The Balaban J connectivity index is 1.56. The van der Waals surface area contributed by atoms with Gasteiger partial charge < -0.3 is 14.6 Å². The van der Waals surface area contributed by atoms with Crippen molar-refractivity contribution in [2.24, 2.45) is 7.05 Å². The Morgan fingerprint density at radius 3 is 2.69 bits per heavy atom. The molecule has 3 rings (SSSR count). The fourth-order valence-electron chi connectivity index (χ4n) is 2.69. The van der Waals surface area contributed by atoms with Gasteiger partial charge in [0.05, 0.1) is 5.75 Å². The van der Waals surface area contributed by atoms with E-state index in [9.17, 15) is 4.79 Å². The third-order valence-corrected chi connectivity index (χ3v) is 5.68. The van der Waals surface area contributed by atoms with Gasteiger partial charge in [-0.3, -0.25) is 4.79 Å². The van der Waals surface area contributed by atoms with Crippen molar-refractivity contribution in [3.63, 3.8) is 0 Å². The number of amides is 1. The van der Waals surface area contributed by atoms with Gasteiger partial charge in [-0.15, -0.1) is 10.2 Å². The lowest BCUT2D eigenvalue weighted by Crippen LogP contribution is -2.15. The SMILES string of the molecule is Cc1ccc(C)c(OCc2nnc(SCC(=O)Nc3ccc(Cl)cc3C)n2C)c1. The van der Waals surface area contributed by atoms with Crippen LogP contribution in [0.1, 0.15) is 22.5 Å². The predicted molar refractivity (Wildman–Crippen MR) is 117 cm³/mol. The molecule has 8 heteroatoms. The normalized spacial score (nSPS) is 10.8. The summed E-state index contributed by atoms with van der Waals surface area (Å²) in [5.41, 5.74) is 3.88. The van der Waals surface area contributed by atoms with Crippen molar-refractivity contribution in [3.8, 4) is 5.75 Å². The van der Waals surface area contributed by atoms with Crippen LogP contribution in [0.25, 0.3) is 0 Å². The van der Waals surface area contributed by atoms with Gasteiger partial charge in [0.25, 0.3) is 0 Å². The summed E-state index contributed by atoms with van der Waals surface area (Å²) in [4.78, 5) is 12.3. The maximum Gasteiger partial charge on any atom is 0.234 e. The minimum absolute atomic E-state index is 0.114. The highest BCUT2D eigenvalue weighted by Gasteiger charge is 2.13. The summed E-state index contributed by atoms with van der Waals surface area (Å²) in [6.45, 7) is 6.25. The molecule has 0 fully saturated rings. The first-order chi connectivity index (χ1) is 13.8. The number of benzene rings is 2. The smallest absolute Gasteiger partial charge is 0.234 e. The van der Waals surface area contributed by atoms with E-state index in [4.69, 9.17) is 16.3 Å². The minimum atomic E-state index is -0.114. The fraction of sp³-hybridized carbons (Fsp3) is 0.286. The first kappa shape index (κ1) is 21.2. The quantitative estimate of drug-likeness (QED) is 0.550. The summed E-state index contributed by atoms with van der Waals surface area (Å²) >= 11 is 7.28. The van der Waals surface area contributed by atoms with Crippen molar-refractivity contribution in [2.75, 3.05) is 11.1 Å². The third-order valence-electron chi connectivity index (χ3n) is 4.42. The number of carbonyl (C=O) groups is 1. The number of ether oxygens (including phenoxy) is 1. The van der Waals surface area contributed by atoms with E-state index in [1.807, 2.05) is 50.6 Å². The number of hydrogen-bond donors (Lipinski definition) is 1. The molecule has 0 aliphatic heterocycles. The van der Waals surface area contributed by atoms with Crippen molar-refractivity contribution in [3.05, 3.63) is 63.9 Å². The van der Waals surface area contributed by atoms with Gasteiger partial charge in [0.2, 0.25) is 5.91 Å². The van der Waals surface area contributed by atoms with E-state index in [2.05, 4.69) is 21.6 Å². The zero-order valence-corrected chi connectivity index (χ0v) is 18.4. The van der Waals surface area contributed by atoms with Crippen LogP contribution in [0.2, 0.25) is 5.02 Å². The number of halogens is 1. The van der Waals surface area contributed by atoms with E-state index < -0.39 is 0 Å². The average molecular weight is 431 g/mol. The molecule has 1 amide bonds. The topological polar surface area (TPSA) is 69.0 Å². The van der Waals surface area contributed by atoms with Gasteiger partial charge in [0.15, 0.2) is 11.0 Å². The fourth-order valence-corrected chi connectivity index (χ4v) is 3.64. The molecule has 0 radical (unpaired) electrons. The lowest BCUT2D eigenvalue weighted by atomic mass is 10.1. The van der Waals surface area contributed by atoms with Gasteiger partial charge in [0.1, 0.15) is 12.4 Å². The molecular formula is C21H23ClN4O2S. The van der Waals surface area contributed by atoms with Crippen LogP contribution in [0.5, 0.6) is 5.75 Å². The van der Waals surface area contributed by atoms with E-state index in [1.54, 1.807) is 12.1 Å². The molecule has 29 heavy (non-hydrogen) atoms. The van der Waals surface area contributed by atoms with Gasteiger partial charge in [0, 0.05) is 17.8 Å². The summed E-state index contributed by atoms with van der Waals surface area (Å²) in [5, 5.41) is 12.6. The van der Waals surface area contributed by atoms with E-state index in [0.29, 0.717) is 22.6 Å². The molecule has 6 nitrogen and oxygen atoms in total. The van der Waals surface area contributed by atoms with Crippen molar-refractivity contribution in [1.82, 2.24) is 14.8 Å². The minimum Gasteiger partial charge on any atom is -0.485 e. The van der Waals surface area contributed by atoms with Gasteiger partial charge >= 0.3 is 0 Å². The molecule has 0 aliphatic carbocycles. The largest absolute Gasteiger partial charge is 0.485 e. The van der Waals surface area contributed by atoms with Crippen molar-refractivity contribution >= 4 is 35.0 Å². The maximum absolute atomic E-state index is 12.3. The van der Waals surface area contributed by atoms with Crippen LogP contribution in [0.15, 0.2) is 41.6 Å². The summed E-state index contributed by atoms with van der Waals surface area (Å²) in [6, 6.07) is 11.5. The van der Waals surface area contributed by atoms with Crippen LogP contribution in [0.3, 0.4) is 0 Å². The summed E-state index contributed by atoms with van der Waals surface area (Å²) in [7, 11) is 1.87. The van der Waals surface area contributed by atoms with E-state index >= 15 is 0 Å². The number of aromatic nitrogens is 3. The molecule has 0 aliphatic rings. The highest BCUT2D eigenvalue weighted by atomic mass is 35.5. The van der Waals surface area contributed by atoms with Crippen LogP contribution < -0.4 is 10.1 Å². The molecule has 1 aromatic heterocycles. The van der Waals surface area contributed by atoms with Crippen molar-refractivity contribution in [1.29, 1.82) is 0 Å². The summed E-state index contributed by atoms with van der Waals surface area (Å²) in [6.07, 6.45) is 0. The standard InChI is InChI=1S/C21H23ClN4O2S/c1-13-5-6-14(2)18(9-13)28-11-19-24-25-21(26(19)4)29-12-20(27)23-17-8-7-16(22)10-15(17)3/h5-10H,11-12H2,1-4H3,(H,23,27). The lowest BCUT2D eigenvalue weighted by Gasteiger charge is -2.10. The molecule has 0 unspecified atom stereocenters. The molecule has 1 N–H and O–H groups in total. The molecular weight excluding hydrogens is 408 g/mol. The molecule has 2 aromatic carbocycles. The molecule has 0 spiro atoms. The molecule has 152 valence electrons. The lowest BCUT2D eigenvalue weighted by molar-refractivity contribution is -0.113. The van der Waals surface area contributed by atoms with E-state index in [0.717, 1.165) is 28.1 Å². The Morgan fingerprint density at radius 2 is 1.93 bits per heavy atom. The van der Waals surface area contributed by atoms with Crippen LogP contribution in [-0.2, 0) is 18.4 Å². The van der Waals surface area contributed by atoms with Gasteiger partial charge in [-0.05, 0) is 61.7 Å². The zero-order chi connectivity index (χ0) is 21.0. The monoisotopic (exact) mass is 430 g/mol. The Hall–Kier alpha value is -2.51. The highest BCUT2D eigenvalue weighted by molar-refractivity contribution is 7.99. The zero-order valence-electron chi connectivity index (χ0n) is 16.8. The predicted octanol–water partition coefficient (Wildman–Crippen LogP) is 4.70. The number of rotatable bonds is 7. The Kier molecular flexibility index (Phi) is 6.82. The van der Waals surface area contributed by atoms with Crippen molar-refractivity contribution < 1.29 is 9.53 Å². The first-order valence-electron chi connectivity index (χ1n) is 9.10. The van der Waals surface area contributed by atoms with Crippen LogP contribution in [0, 0.1) is 20.8 Å².